The van der Waals surface area contributed by atoms with Gasteiger partial charge < -0.3 is 108 Å². The van der Waals surface area contributed by atoms with E-state index in [1.165, 1.54) is 26.5 Å². The van der Waals surface area contributed by atoms with Crippen LogP contribution in [0.15, 0.2) is 23.8 Å². The first-order valence-electron chi connectivity index (χ1n) is 28.4. The fourth-order valence-corrected chi connectivity index (χ4v) is 16.8. The smallest absolute Gasteiger partial charge is 0.397 e. The topological polar surface area (TPSA) is 394 Å². The van der Waals surface area contributed by atoms with Gasteiger partial charge in [-0.05, 0) is 82.0 Å². The maximum Gasteiger partial charge on any atom is 0.397 e. The van der Waals surface area contributed by atoms with Crippen LogP contribution in [0.1, 0.15) is 87.0 Å². The molecule has 0 unspecified atom stereocenters. The van der Waals surface area contributed by atoms with Gasteiger partial charge in [-0.2, -0.15) is 8.42 Å². The number of aliphatic hydroxyl groups excluding tert-OH is 10. The Kier molecular flexibility index (Phi) is 17.8. The van der Waals surface area contributed by atoms with Gasteiger partial charge in [0.2, 0.25) is 0 Å². The van der Waals surface area contributed by atoms with Gasteiger partial charge in [0.1, 0.15) is 104 Å². The Balaban J connectivity index is 0.919. The van der Waals surface area contributed by atoms with Gasteiger partial charge in [0.25, 0.3) is 0 Å². The third kappa shape index (κ3) is 10.5. The highest BCUT2D eigenvalue weighted by molar-refractivity contribution is 7.80. The van der Waals surface area contributed by atoms with Crippen molar-refractivity contribution in [3.63, 3.8) is 0 Å². The molecule has 6 aliphatic heterocycles. The van der Waals surface area contributed by atoms with Crippen LogP contribution in [0.3, 0.4) is 0 Å². The standard InChI is InChI=1S/C54H84O27S/c1-20(2)31-26-16-53(8)24-10-11-29-51(5,6)30(13-14-52(29,7)23(24)12-15-54(31,53)50(65)75-26)76-48-43(34(59)28(19-71-48)81-82(66,67)68)80-49-44(79-46-36(61)35(60)32(57)21(3)72-46)37(62)40(22(4)73-49)77-47-39(64)42(33(58)27(17-55)74-47)78-45-38(63)41(69-9)25(56)18-70-45/h10,21-23,25-49,55-64H,1,11-19H2,2-9H3,(H,66,67,68)/t21-,22-,23-,25-,26+,27-,28-,29+,30-,31-,32-,33-,34-,35+,36-,37+,38-,39-,40-,41+,42+,43-,44-,45+,46+,47+,48+,49+,52-,53+,54-/m1/s1. The quantitative estimate of drug-likeness (QED) is 0.0479. The predicted molar refractivity (Wildman–Crippen MR) is 273 cm³/mol. The molecule has 82 heavy (non-hydrogen) atoms. The highest BCUT2D eigenvalue weighted by Gasteiger charge is 2.76. The normalized spacial score (nSPS) is 52.9. The van der Waals surface area contributed by atoms with Crippen LogP contribution >= 0.6 is 0 Å². The molecule has 28 heteroatoms. The van der Waals surface area contributed by atoms with E-state index in [2.05, 4.69) is 40.3 Å². The van der Waals surface area contributed by atoms with E-state index in [1.807, 2.05) is 6.92 Å². The van der Waals surface area contributed by atoms with Gasteiger partial charge in [-0.1, -0.05) is 51.5 Å². The number of allylic oxidation sites excluding steroid dienone is 2. The molecular formula is C54H84O27S. The van der Waals surface area contributed by atoms with Crippen molar-refractivity contribution in [3.8, 4) is 0 Å². The minimum absolute atomic E-state index is 0.00958. The number of aliphatic hydroxyl groups is 10. The maximum atomic E-state index is 13.8. The first-order valence-corrected chi connectivity index (χ1v) is 29.8. The summed E-state index contributed by atoms with van der Waals surface area (Å²) in [6, 6.07) is 0. The third-order valence-corrected chi connectivity index (χ3v) is 21.0. The van der Waals surface area contributed by atoms with Crippen molar-refractivity contribution in [3.05, 3.63) is 23.8 Å². The van der Waals surface area contributed by atoms with Gasteiger partial charge in [0, 0.05) is 18.4 Å². The Labute approximate surface area is 475 Å². The molecule has 0 radical (unpaired) electrons. The van der Waals surface area contributed by atoms with Crippen LogP contribution in [-0.2, 0) is 76.2 Å². The molecule has 10 rings (SSSR count). The van der Waals surface area contributed by atoms with E-state index in [4.69, 9.17) is 61.0 Å². The van der Waals surface area contributed by atoms with Crippen molar-refractivity contribution in [1.29, 1.82) is 0 Å². The van der Waals surface area contributed by atoms with Gasteiger partial charge in [0.15, 0.2) is 31.5 Å². The second-order valence-corrected chi connectivity index (χ2v) is 26.6. The van der Waals surface area contributed by atoms with Gasteiger partial charge in [0.05, 0.1) is 43.5 Å². The summed E-state index contributed by atoms with van der Waals surface area (Å²) in [6.45, 7) is 15.9. The van der Waals surface area contributed by atoms with Crippen molar-refractivity contribution in [1.82, 2.24) is 0 Å². The molecule has 1 spiro atoms. The van der Waals surface area contributed by atoms with Crippen LogP contribution < -0.4 is 0 Å². The third-order valence-electron chi connectivity index (χ3n) is 20.5. The monoisotopic (exact) mass is 1200 g/mol. The number of hydrogen-bond donors (Lipinski definition) is 11. The van der Waals surface area contributed by atoms with Crippen LogP contribution in [-0.4, -0.2) is 250 Å². The number of carbonyl (C=O) groups is 1. The fourth-order valence-electron chi connectivity index (χ4n) is 16.3. The summed E-state index contributed by atoms with van der Waals surface area (Å²) in [5.41, 5.74) is 0.247. The van der Waals surface area contributed by atoms with E-state index in [-0.39, 0.29) is 41.8 Å². The SMILES string of the molecule is C=C(C)[C@@H]1[C@@H]2C[C@@]3(C)C4=CC[C@H]5C(C)(C)[C@H](O[C@@H]6OC[C@@H](OS(=O)(=O)O)[C@@H](O)[C@H]6O[C@@H]6O[C@H](C)[C@@H](O[C@@H]7O[C@H](CO)[C@@H](O)[C@H](O[C@@H]8OC[C@@H](O)[C@H](OC)[C@H]8O)[C@H]7O)[C@H](O)[C@H]6O[C@@H]6O[C@H](C)[C@@H](O)[C@H](O)[C@H]6O)CC[C@]5(C)[C@@H]4CC[C@]13C(=O)O2. The van der Waals surface area contributed by atoms with E-state index in [0.717, 1.165) is 18.4 Å². The summed E-state index contributed by atoms with van der Waals surface area (Å²) in [7, 11) is -4.01. The van der Waals surface area contributed by atoms with E-state index in [1.54, 1.807) is 0 Å². The lowest BCUT2D eigenvalue weighted by Crippen LogP contribution is -2.68. The molecule has 6 saturated heterocycles. The van der Waals surface area contributed by atoms with E-state index in [0.29, 0.717) is 25.7 Å². The molecular weight excluding hydrogens is 1110 g/mol. The second kappa shape index (κ2) is 23.2. The molecule has 0 aromatic heterocycles. The molecule has 31 atom stereocenters. The highest BCUT2D eigenvalue weighted by atomic mass is 32.3. The van der Waals surface area contributed by atoms with Gasteiger partial charge in [-0.3, -0.25) is 9.35 Å². The summed E-state index contributed by atoms with van der Waals surface area (Å²) >= 11 is 0. The predicted octanol–water partition coefficient (Wildman–Crippen LogP) is -2.02. The second-order valence-electron chi connectivity index (χ2n) is 25.5. The van der Waals surface area contributed by atoms with Crippen LogP contribution in [0, 0.1) is 39.4 Å². The first-order chi connectivity index (χ1) is 38.4. The molecule has 6 heterocycles. The molecule has 10 aliphatic rings. The molecule has 4 aliphatic carbocycles. The zero-order chi connectivity index (χ0) is 59.7. The molecule has 11 N–H and O–H groups in total. The fraction of sp³-hybridized carbons (Fsp3) is 0.907. The molecule has 0 aromatic rings. The molecule has 3 saturated carbocycles. The molecule has 0 amide bonds. The van der Waals surface area contributed by atoms with Crippen molar-refractivity contribution < 1.29 is 130 Å². The first kappa shape index (κ1) is 63.0. The zero-order valence-corrected chi connectivity index (χ0v) is 48.0. The number of carbonyl (C=O) groups excluding carboxylic acids is 1. The van der Waals surface area contributed by atoms with Crippen molar-refractivity contribution >= 4 is 16.4 Å². The lowest BCUT2D eigenvalue weighted by Gasteiger charge is -2.64. The molecule has 0 aromatic carbocycles. The number of esters is 1. The number of fused-ring (bicyclic) bond motifs is 5. The Hall–Kier alpha value is -2.02. The Morgan fingerprint density at radius 3 is 1.99 bits per heavy atom. The number of rotatable bonds is 15. The van der Waals surface area contributed by atoms with Crippen LogP contribution in [0.5, 0.6) is 0 Å². The highest BCUT2D eigenvalue weighted by Crippen LogP contribution is 2.76. The zero-order valence-electron chi connectivity index (χ0n) is 47.2. The average Bonchev–Trinajstić information content (AvgIpc) is 1.84. The van der Waals surface area contributed by atoms with E-state index in [9.17, 15) is 68.8 Å². The summed E-state index contributed by atoms with van der Waals surface area (Å²) in [5, 5.41) is 112. The summed E-state index contributed by atoms with van der Waals surface area (Å²) < 4.78 is 111. The van der Waals surface area contributed by atoms with Gasteiger partial charge in [-0.15, -0.1) is 0 Å². The van der Waals surface area contributed by atoms with Crippen LogP contribution in [0.4, 0.5) is 0 Å². The van der Waals surface area contributed by atoms with Crippen molar-refractivity contribution in [2.75, 3.05) is 26.9 Å². The van der Waals surface area contributed by atoms with Crippen LogP contribution in [0.25, 0.3) is 0 Å². The average molecular weight is 1200 g/mol. The minimum atomic E-state index is -5.24. The molecule has 468 valence electrons. The van der Waals surface area contributed by atoms with Crippen LogP contribution in [0.2, 0.25) is 0 Å². The number of ether oxygens (including phenoxy) is 12. The number of hydrogen-bond acceptors (Lipinski definition) is 26. The summed E-state index contributed by atoms with van der Waals surface area (Å²) in [4.78, 5) is 13.8. The Morgan fingerprint density at radius 2 is 1.32 bits per heavy atom. The molecule has 9 fully saturated rings. The maximum absolute atomic E-state index is 13.8. The van der Waals surface area contributed by atoms with E-state index >= 15 is 0 Å². The minimum Gasteiger partial charge on any atom is -0.461 e. The lowest BCUT2D eigenvalue weighted by molar-refractivity contribution is -0.404. The molecule has 27 nitrogen and oxygen atoms in total. The van der Waals surface area contributed by atoms with Crippen molar-refractivity contribution in [2.24, 2.45) is 39.4 Å². The summed E-state index contributed by atoms with van der Waals surface area (Å²) in [5.74, 6) is -0.0696. The largest absolute Gasteiger partial charge is 0.461 e. The summed E-state index contributed by atoms with van der Waals surface area (Å²) in [6.07, 6.45) is -33.6. The van der Waals surface area contributed by atoms with Gasteiger partial charge >= 0.3 is 16.4 Å². The lowest BCUT2D eigenvalue weighted by atomic mass is 9.40. The Bertz CT molecular complexity index is 2470. The number of methoxy groups -OCH3 is 1. The van der Waals surface area contributed by atoms with Crippen molar-refractivity contribution in [2.45, 2.75) is 241 Å². The molecule has 2 bridgehead atoms. The van der Waals surface area contributed by atoms with Gasteiger partial charge in [-0.25, -0.2) is 4.18 Å². The van der Waals surface area contributed by atoms with E-state index < -0.39 is 187 Å². The Morgan fingerprint density at radius 1 is 0.695 bits per heavy atom.